The highest BCUT2D eigenvalue weighted by Gasteiger charge is 2.39. The number of hydrogen-bond acceptors (Lipinski definition) is 5. The minimum absolute atomic E-state index is 0.0366. The monoisotopic (exact) mass is 496 g/mol. The van der Waals surface area contributed by atoms with Gasteiger partial charge in [0.1, 0.15) is 12.7 Å². The maximum atomic E-state index is 10.6. The SMILES string of the molecule is [B]C[C@@H]1CC(O)[C@H](C/C=C\CCCC(=O)O)[C@H]1/C=C/[C@@H](O)COc1cc(Br)c(C)s1. The molecule has 0 saturated heterocycles. The Balaban J connectivity index is 1.88. The van der Waals surface area contributed by atoms with E-state index in [0.29, 0.717) is 32.0 Å². The highest BCUT2D eigenvalue weighted by molar-refractivity contribution is 9.10. The van der Waals surface area contributed by atoms with Crippen LogP contribution in [0.3, 0.4) is 0 Å². The molecule has 0 aliphatic heterocycles. The van der Waals surface area contributed by atoms with Crippen LogP contribution < -0.4 is 4.74 Å². The van der Waals surface area contributed by atoms with Crippen LogP contribution in [0.5, 0.6) is 5.06 Å². The lowest BCUT2D eigenvalue weighted by atomic mass is 9.80. The van der Waals surface area contributed by atoms with E-state index in [-0.39, 0.29) is 30.8 Å². The van der Waals surface area contributed by atoms with E-state index in [2.05, 4.69) is 15.9 Å². The molecule has 1 fully saturated rings. The van der Waals surface area contributed by atoms with Crippen LogP contribution in [0.2, 0.25) is 6.32 Å². The predicted molar refractivity (Wildman–Crippen MR) is 124 cm³/mol. The number of aryl methyl sites for hydroxylation is 1. The van der Waals surface area contributed by atoms with E-state index >= 15 is 0 Å². The van der Waals surface area contributed by atoms with Gasteiger partial charge in [-0.3, -0.25) is 4.79 Å². The van der Waals surface area contributed by atoms with Crippen LogP contribution in [0.1, 0.15) is 37.0 Å². The van der Waals surface area contributed by atoms with Crippen LogP contribution in [0.25, 0.3) is 0 Å². The summed E-state index contributed by atoms with van der Waals surface area (Å²) in [4.78, 5) is 11.7. The van der Waals surface area contributed by atoms with Crippen LogP contribution in [-0.4, -0.2) is 47.9 Å². The van der Waals surface area contributed by atoms with Crippen molar-refractivity contribution in [1.82, 2.24) is 0 Å². The summed E-state index contributed by atoms with van der Waals surface area (Å²) in [5.41, 5.74) is 0. The third-order valence-corrected chi connectivity index (χ3v) is 7.55. The van der Waals surface area contributed by atoms with E-state index in [9.17, 15) is 15.0 Å². The van der Waals surface area contributed by atoms with Crippen molar-refractivity contribution in [3.63, 3.8) is 0 Å². The van der Waals surface area contributed by atoms with Crippen LogP contribution in [0, 0.1) is 24.7 Å². The van der Waals surface area contributed by atoms with E-state index in [1.165, 1.54) is 11.3 Å². The predicted octanol–water partition coefficient (Wildman–Crippen LogP) is 4.52. The average Bonchev–Trinajstić information content (AvgIpc) is 3.19. The lowest BCUT2D eigenvalue weighted by Crippen LogP contribution is -2.20. The molecule has 164 valence electrons. The standard InChI is InChI=1S/C22H30BBrO5S/c1-14-19(24)11-22(30-14)29-13-16(25)8-9-17-15(12-23)10-20(26)18(17)6-4-2-3-5-7-21(27)28/h2,4,8-9,11,15-18,20,25-26H,3,5-7,10,12-13H2,1H3,(H,27,28)/b4-2-,9-8+/t15-,16+,17-,18+,20?/m0/s1. The Morgan fingerprint density at radius 3 is 2.87 bits per heavy atom. The second-order valence-corrected chi connectivity index (χ2v) is 9.84. The molecular weight excluding hydrogens is 467 g/mol. The van der Waals surface area contributed by atoms with Gasteiger partial charge in [-0.1, -0.05) is 30.6 Å². The van der Waals surface area contributed by atoms with Gasteiger partial charge in [0.15, 0.2) is 5.06 Å². The van der Waals surface area contributed by atoms with Crippen molar-refractivity contribution in [2.45, 2.75) is 57.6 Å². The third kappa shape index (κ3) is 7.87. The van der Waals surface area contributed by atoms with Gasteiger partial charge in [-0.15, -0.1) is 11.3 Å². The molecule has 0 amide bonds. The van der Waals surface area contributed by atoms with Crippen molar-refractivity contribution >= 4 is 41.1 Å². The third-order valence-electron chi connectivity index (χ3n) is 5.50. The molecule has 0 aromatic carbocycles. The Morgan fingerprint density at radius 1 is 1.47 bits per heavy atom. The first kappa shape index (κ1) is 25.2. The molecule has 1 saturated carbocycles. The number of carboxylic acid groups (broad SMARTS) is 1. The number of allylic oxidation sites excluding steroid dienone is 3. The first-order valence-corrected chi connectivity index (χ1v) is 11.9. The Labute approximate surface area is 192 Å². The molecule has 1 aliphatic rings. The second kappa shape index (κ2) is 12.7. The van der Waals surface area contributed by atoms with Crippen LogP contribution in [0.15, 0.2) is 34.8 Å². The van der Waals surface area contributed by atoms with Crippen molar-refractivity contribution in [2.24, 2.45) is 17.8 Å². The lowest BCUT2D eigenvalue weighted by molar-refractivity contribution is -0.137. The number of carboxylic acids is 1. The van der Waals surface area contributed by atoms with Crippen molar-refractivity contribution in [3.05, 3.63) is 39.7 Å². The van der Waals surface area contributed by atoms with Gasteiger partial charge in [-0.05, 0) is 66.3 Å². The zero-order chi connectivity index (χ0) is 22.1. The molecule has 8 heteroatoms. The van der Waals surface area contributed by atoms with E-state index < -0.39 is 18.2 Å². The fourth-order valence-corrected chi connectivity index (χ4v) is 5.21. The minimum Gasteiger partial charge on any atom is -0.481 e. The molecule has 0 spiro atoms. The summed E-state index contributed by atoms with van der Waals surface area (Å²) in [7, 11) is 5.92. The Hall–Kier alpha value is -1.09. The topological polar surface area (TPSA) is 87.0 Å². The first-order valence-electron chi connectivity index (χ1n) is 10.3. The highest BCUT2D eigenvalue weighted by atomic mass is 79.9. The molecule has 1 aromatic heterocycles. The van der Waals surface area contributed by atoms with Gasteiger partial charge >= 0.3 is 5.97 Å². The number of thiophene rings is 1. The smallest absolute Gasteiger partial charge is 0.303 e. The zero-order valence-corrected chi connectivity index (χ0v) is 19.6. The lowest BCUT2D eigenvalue weighted by Gasteiger charge is -2.21. The van der Waals surface area contributed by atoms with Crippen molar-refractivity contribution < 1.29 is 24.9 Å². The van der Waals surface area contributed by atoms with Gasteiger partial charge in [0, 0.05) is 21.8 Å². The van der Waals surface area contributed by atoms with Crippen LogP contribution in [0.4, 0.5) is 0 Å². The van der Waals surface area contributed by atoms with Gasteiger partial charge < -0.3 is 20.1 Å². The molecular formula is C22H30BBrO5S. The molecule has 2 rings (SSSR count). The number of carbonyl (C=O) groups is 1. The molecule has 5 nitrogen and oxygen atoms in total. The molecule has 3 N–H and O–H groups in total. The highest BCUT2D eigenvalue weighted by Crippen LogP contribution is 2.42. The maximum absolute atomic E-state index is 10.6. The maximum Gasteiger partial charge on any atom is 0.303 e. The first-order chi connectivity index (χ1) is 14.3. The van der Waals surface area contributed by atoms with Crippen LogP contribution in [-0.2, 0) is 4.79 Å². The fraction of sp³-hybridized carbons (Fsp3) is 0.591. The van der Waals surface area contributed by atoms with E-state index in [0.717, 1.165) is 14.4 Å². The van der Waals surface area contributed by atoms with Crippen LogP contribution >= 0.6 is 27.3 Å². The molecule has 0 bridgehead atoms. The summed E-state index contributed by atoms with van der Waals surface area (Å²) in [6.07, 6.45) is 9.87. The largest absolute Gasteiger partial charge is 0.481 e. The number of aliphatic hydroxyl groups excluding tert-OH is 2. The van der Waals surface area contributed by atoms with E-state index in [4.69, 9.17) is 17.7 Å². The summed E-state index contributed by atoms with van der Waals surface area (Å²) in [5.74, 6) is -0.489. The number of rotatable bonds is 12. The number of aliphatic carboxylic acids is 1. The van der Waals surface area contributed by atoms with Gasteiger partial charge in [-0.25, -0.2) is 0 Å². The second-order valence-electron chi connectivity index (χ2n) is 7.77. The Morgan fingerprint density at radius 2 is 2.23 bits per heavy atom. The van der Waals surface area contributed by atoms with E-state index in [1.54, 1.807) is 6.08 Å². The summed E-state index contributed by atoms with van der Waals surface area (Å²) >= 11 is 4.98. The average molecular weight is 497 g/mol. The quantitative estimate of drug-likeness (QED) is 0.225. The zero-order valence-electron chi connectivity index (χ0n) is 17.2. The number of hydrogen-bond donors (Lipinski definition) is 3. The van der Waals surface area contributed by atoms with Gasteiger partial charge in [0.2, 0.25) is 0 Å². The van der Waals surface area contributed by atoms with Crippen molar-refractivity contribution in [3.8, 4) is 5.06 Å². The number of aliphatic hydroxyl groups is 2. The molecule has 1 aromatic rings. The summed E-state index contributed by atoms with van der Waals surface area (Å²) in [6.45, 7) is 2.16. The fourth-order valence-electron chi connectivity index (χ4n) is 3.84. The molecule has 30 heavy (non-hydrogen) atoms. The minimum atomic E-state index is -0.782. The summed E-state index contributed by atoms with van der Waals surface area (Å²) in [5, 5.41) is 30.2. The van der Waals surface area contributed by atoms with Gasteiger partial charge in [0.25, 0.3) is 0 Å². The Bertz CT molecular complexity index is 716. The van der Waals surface area contributed by atoms with Gasteiger partial charge in [0.05, 0.1) is 14.0 Å². The number of ether oxygens (including phenoxy) is 1. The number of halogens is 1. The molecule has 1 heterocycles. The molecule has 2 radical (unpaired) electrons. The van der Waals surface area contributed by atoms with E-state index in [1.807, 2.05) is 31.2 Å². The number of unbranched alkanes of at least 4 members (excludes halogenated alkanes) is 1. The molecule has 1 unspecified atom stereocenters. The normalized spacial score (nSPS) is 25.3. The van der Waals surface area contributed by atoms with Crippen molar-refractivity contribution in [1.29, 1.82) is 0 Å². The van der Waals surface area contributed by atoms with Gasteiger partial charge in [-0.2, -0.15) is 0 Å². The molecule has 1 aliphatic carbocycles. The summed E-state index contributed by atoms with van der Waals surface area (Å²) < 4.78 is 6.66. The van der Waals surface area contributed by atoms with Crippen molar-refractivity contribution in [2.75, 3.05) is 6.61 Å². The Kier molecular flexibility index (Phi) is 10.7. The molecule has 5 atom stereocenters. The summed E-state index contributed by atoms with van der Waals surface area (Å²) in [6, 6.07) is 1.90.